The van der Waals surface area contributed by atoms with Gasteiger partial charge in [-0.3, -0.25) is 0 Å². The molecule has 0 saturated heterocycles. The number of hydrogen-bond acceptors (Lipinski definition) is 2. The quantitative estimate of drug-likeness (QED) is 0.337. The van der Waals surface area contributed by atoms with E-state index in [0.29, 0.717) is 16.6 Å². The van der Waals surface area contributed by atoms with Gasteiger partial charge in [-0.25, -0.2) is 4.98 Å². The van der Waals surface area contributed by atoms with Crippen molar-refractivity contribution < 1.29 is 4.74 Å². The van der Waals surface area contributed by atoms with Crippen molar-refractivity contribution in [2.24, 2.45) is 0 Å². The molecule has 1 atom stereocenters. The number of imidazole rings is 1. The zero-order valence-corrected chi connectivity index (χ0v) is 17.2. The van der Waals surface area contributed by atoms with E-state index in [1.54, 1.807) is 18.6 Å². The number of halogens is 2. The van der Waals surface area contributed by atoms with Crippen molar-refractivity contribution in [3.63, 3.8) is 0 Å². The van der Waals surface area contributed by atoms with Gasteiger partial charge in [-0.15, -0.1) is 0 Å². The second-order valence-corrected chi connectivity index (χ2v) is 7.60. The van der Waals surface area contributed by atoms with Gasteiger partial charge in [-0.1, -0.05) is 81.1 Å². The fraction of sp³-hybridized carbons (Fsp3) is 0.571. The number of ether oxygens (including phenoxy) is 1. The zero-order chi connectivity index (χ0) is 18.6. The first-order valence-corrected chi connectivity index (χ1v) is 10.5. The molecule has 144 valence electrons. The highest BCUT2D eigenvalue weighted by molar-refractivity contribution is 6.35. The van der Waals surface area contributed by atoms with E-state index in [1.807, 2.05) is 22.9 Å². The van der Waals surface area contributed by atoms with E-state index in [0.717, 1.165) is 18.6 Å². The lowest BCUT2D eigenvalue weighted by atomic mass is 10.1. The van der Waals surface area contributed by atoms with Crippen LogP contribution in [0, 0.1) is 0 Å². The van der Waals surface area contributed by atoms with Gasteiger partial charge in [0, 0.05) is 34.6 Å². The minimum Gasteiger partial charge on any atom is -0.372 e. The van der Waals surface area contributed by atoms with E-state index in [4.69, 9.17) is 27.9 Å². The minimum absolute atomic E-state index is 0.0986. The lowest BCUT2D eigenvalue weighted by Crippen LogP contribution is -2.13. The minimum atomic E-state index is -0.0986. The summed E-state index contributed by atoms with van der Waals surface area (Å²) in [5, 5.41) is 1.29. The molecule has 1 aromatic carbocycles. The summed E-state index contributed by atoms with van der Waals surface area (Å²) in [5.74, 6) is 0. The Balaban J connectivity index is 1.79. The molecule has 2 aromatic rings. The van der Waals surface area contributed by atoms with Gasteiger partial charge >= 0.3 is 0 Å². The third-order valence-electron chi connectivity index (χ3n) is 4.56. The molecule has 1 unspecified atom stereocenters. The smallest absolute Gasteiger partial charge is 0.102 e. The fourth-order valence-corrected chi connectivity index (χ4v) is 3.58. The number of benzene rings is 1. The summed E-state index contributed by atoms with van der Waals surface area (Å²) < 4.78 is 8.21. The van der Waals surface area contributed by atoms with E-state index in [2.05, 4.69) is 11.9 Å². The molecule has 2 rings (SSSR count). The normalized spacial score (nSPS) is 12.4. The molecule has 0 saturated carbocycles. The van der Waals surface area contributed by atoms with Crippen molar-refractivity contribution in [3.8, 4) is 0 Å². The molecule has 0 spiro atoms. The molecule has 26 heavy (non-hydrogen) atoms. The molecule has 3 nitrogen and oxygen atoms in total. The maximum absolute atomic E-state index is 6.40. The van der Waals surface area contributed by atoms with Crippen LogP contribution in [0.15, 0.2) is 36.9 Å². The summed E-state index contributed by atoms with van der Waals surface area (Å²) >= 11 is 12.4. The van der Waals surface area contributed by atoms with Crippen molar-refractivity contribution in [3.05, 3.63) is 52.5 Å². The maximum atomic E-state index is 6.40. The lowest BCUT2D eigenvalue weighted by molar-refractivity contribution is 0.0380. The Morgan fingerprint density at radius 2 is 1.77 bits per heavy atom. The molecule has 1 aromatic heterocycles. The van der Waals surface area contributed by atoms with E-state index in [-0.39, 0.29) is 6.10 Å². The van der Waals surface area contributed by atoms with Gasteiger partial charge in [-0.2, -0.15) is 0 Å². The van der Waals surface area contributed by atoms with E-state index >= 15 is 0 Å². The molecular formula is C21H30Cl2N2O. The first-order valence-electron chi connectivity index (χ1n) is 9.73. The van der Waals surface area contributed by atoms with Crippen molar-refractivity contribution in [2.45, 2.75) is 70.9 Å². The van der Waals surface area contributed by atoms with Crippen LogP contribution < -0.4 is 0 Å². The van der Waals surface area contributed by atoms with Gasteiger partial charge in [0.1, 0.15) is 6.10 Å². The molecule has 0 aliphatic carbocycles. The van der Waals surface area contributed by atoms with Crippen LogP contribution in [0.1, 0.15) is 70.0 Å². The Labute approximate surface area is 167 Å². The predicted octanol–water partition coefficient (Wildman–Crippen LogP) is 7.09. The largest absolute Gasteiger partial charge is 0.372 e. The van der Waals surface area contributed by atoms with Crippen molar-refractivity contribution in [1.29, 1.82) is 0 Å². The lowest BCUT2D eigenvalue weighted by Gasteiger charge is -2.20. The first kappa shape index (κ1) is 21.3. The number of rotatable bonds is 13. The molecule has 1 heterocycles. The molecular weight excluding hydrogens is 367 g/mol. The highest BCUT2D eigenvalue weighted by Gasteiger charge is 2.16. The van der Waals surface area contributed by atoms with Crippen LogP contribution in [0.25, 0.3) is 0 Å². The maximum Gasteiger partial charge on any atom is 0.102 e. The molecule has 0 amide bonds. The molecule has 0 bridgehead atoms. The van der Waals surface area contributed by atoms with Crippen LogP contribution in [0.3, 0.4) is 0 Å². The summed E-state index contributed by atoms with van der Waals surface area (Å²) in [7, 11) is 0. The van der Waals surface area contributed by atoms with Gasteiger partial charge < -0.3 is 9.30 Å². The average molecular weight is 397 g/mol. The average Bonchev–Trinajstić information content (AvgIpc) is 3.12. The van der Waals surface area contributed by atoms with Gasteiger partial charge in [0.15, 0.2) is 0 Å². The van der Waals surface area contributed by atoms with Gasteiger partial charge in [0.2, 0.25) is 0 Å². The van der Waals surface area contributed by atoms with Gasteiger partial charge in [-0.05, 0) is 18.6 Å². The van der Waals surface area contributed by atoms with Gasteiger partial charge in [0.05, 0.1) is 12.9 Å². The zero-order valence-electron chi connectivity index (χ0n) is 15.7. The molecule has 0 N–H and O–H groups in total. The van der Waals surface area contributed by atoms with Crippen LogP contribution in [0.2, 0.25) is 10.0 Å². The monoisotopic (exact) mass is 396 g/mol. The summed E-state index contributed by atoms with van der Waals surface area (Å²) in [6, 6.07) is 5.60. The highest BCUT2D eigenvalue weighted by Crippen LogP contribution is 2.30. The van der Waals surface area contributed by atoms with Crippen molar-refractivity contribution >= 4 is 23.2 Å². The molecule has 0 fully saturated rings. The number of unbranched alkanes of at least 4 members (excludes halogenated alkanes) is 7. The Morgan fingerprint density at radius 3 is 2.42 bits per heavy atom. The predicted molar refractivity (Wildman–Crippen MR) is 110 cm³/mol. The summed E-state index contributed by atoms with van der Waals surface area (Å²) in [6.45, 7) is 3.69. The van der Waals surface area contributed by atoms with Crippen LogP contribution >= 0.6 is 23.2 Å². The molecule has 0 aliphatic heterocycles. The molecule has 0 radical (unpaired) electrons. The Bertz CT molecular complexity index is 616. The third-order valence-corrected chi connectivity index (χ3v) is 5.12. The summed E-state index contributed by atoms with van der Waals surface area (Å²) in [4.78, 5) is 4.11. The Hall–Kier alpha value is -1.03. The van der Waals surface area contributed by atoms with E-state index < -0.39 is 0 Å². The molecule has 0 aliphatic rings. The van der Waals surface area contributed by atoms with E-state index in [9.17, 15) is 0 Å². The SMILES string of the molecule is CCCCCCCCCCOC(Cn1ccnc1)c1ccc(Cl)cc1Cl. The van der Waals surface area contributed by atoms with Gasteiger partial charge in [0.25, 0.3) is 0 Å². The van der Waals surface area contributed by atoms with Crippen molar-refractivity contribution in [1.82, 2.24) is 9.55 Å². The topological polar surface area (TPSA) is 27.1 Å². The number of aromatic nitrogens is 2. The van der Waals surface area contributed by atoms with Crippen molar-refractivity contribution in [2.75, 3.05) is 6.61 Å². The highest BCUT2D eigenvalue weighted by atomic mass is 35.5. The third kappa shape index (κ3) is 7.69. The van der Waals surface area contributed by atoms with Crippen LogP contribution in [0.4, 0.5) is 0 Å². The number of hydrogen-bond donors (Lipinski definition) is 0. The van der Waals surface area contributed by atoms with E-state index in [1.165, 1.54) is 44.9 Å². The Morgan fingerprint density at radius 1 is 1.04 bits per heavy atom. The fourth-order valence-electron chi connectivity index (χ4n) is 3.05. The second kappa shape index (κ2) is 12.4. The van der Waals surface area contributed by atoms with Crippen LogP contribution in [-0.4, -0.2) is 16.2 Å². The second-order valence-electron chi connectivity index (χ2n) is 6.76. The first-order chi connectivity index (χ1) is 12.7. The van der Waals surface area contributed by atoms with Crippen LogP contribution in [-0.2, 0) is 11.3 Å². The summed E-state index contributed by atoms with van der Waals surface area (Å²) in [6.07, 6.45) is 15.7. The summed E-state index contributed by atoms with van der Waals surface area (Å²) in [5.41, 5.74) is 0.976. The van der Waals surface area contributed by atoms with Crippen LogP contribution in [0.5, 0.6) is 0 Å². The Kier molecular flexibility index (Phi) is 10.1. The molecule has 5 heteroatoms. The number of nitrogens with zero attached hydrogens (tertiary/aromatic N) is 2. The standard InChI is InChI=1S/C21H30Cl2N2O/c1-2-3-4-5-6-7-8-9-14-26-21(16-25-13-12-24-17-25)19-11-10-18(22)15-20(19)23/h10-13,15,17,21H,2-9,14,16H2,1H3.